The molecule has 0 saturated carbocycles. The van der Waals surface area contributed by atoms with Crippen molar-refractivity contribution in [3.8, 4) is 17.2 Å². The number of hydrogen-bond acceptors (Lipinski definition) is 5. The van der Waals surface area contributed by atoms with Crippen molar-refractivity contribution in [2.45, 2.75) is 19.4 Å². The van der Waals surface area contributed by atoms with E-state index < -0.39 is 5.97 Å². The Hall–Kier alpha value is -3.25. The summed E-state index contributed by atoms with van der Waals surface area (Å²) in [6.45, 7) is 0.277. The number of carboxylic acid groups (broad SMARTS) is 1. The minimum absolute atomic E-state index is 0.261. The largest absolute Gasteiger partial charge is 0.497 e. The number of rotatable bonds is 9. The molecule has 1 aromatic heterocycles. The average Bonchev–Trinajstić information content (AvgIpc) is 2.77. The second kappa shape index (κ2) is 9.98. The number of aromatic nitrogens is 1. The third-order valence-corrected chi connectivity index (χ3v) is 4.87. The van der Waals surface area contributed by atoms with E-state index in [1.165, 1.54) is 0 Å². The number of carbonyl (C=O) groups is 1. The van der Waals surface area contributed by atoms with Crippen molar-refractivity contribution in [3.63, 3.8) is 0 Å². The summed E-state index contributed by atoms with van der Waals surface area (Å²) >= 11 is 6.37. The van der Waals surface area contributed by atoms with Gasteiger partial charge in [-0.3, -0.25) is 4.98 Å². The summed E-state index contributed by atoms with van der Waals surface area (Å²) in [6, 6.07) is 14.0. The van der Waals surface area contributed by atoms with Gasteiger partial charge < -0.3 is 19.3 Å². The van der Waals surface area contributed by atoms with Crippen LogP contribution in [-0.4, -0.2) is 30.3 Å². The van der Waals surface area contributed by atoms with E-state index in [0.29, 0.717) is 35.1 Å². The second-order valence-corrected chi connectivity index (χ2v) is 6.99. The number of benzene rings is 2. The van der Waals surface area contributed by atoms with E-state index in [1.807, 2.05) is 12.1 Å². The van der Waals surface area contributed by atoms with Crippen molar-refractivity contribution in [2.75, 3.05) is 14.2 Å². The lowest BCUT2D eigenvalue weighted by Crippen LogP contribution is -2.04. The first-order chi connectivity index (χ1) is 14.5. The summed E-state index contributed by atoms with van der Waals surface area (Å²) in [5.74, 6) is 0.941. The molecule has 6 nitrogen and oxygen atoms in total. The van der Waals surface area contributed by atoms with Crippen LogP contribution in [0, 0.1) is 0 Å². The van der Waals surface area contributed by atoms with Crippen molar-refractivity contribution >= 4 is 17.6 Å². The molecule has 0 saturated heterocycles. The Balaban J connectivity index is 1.72. The maximum Gasteiger partial charge on any atom is 0.335 e. The van der Waals surface area contributed by atoms with E-state index in [4.69, 9.17) is 30.9 Å². The molecular formula is C23H22ClNO5. The molecule has 3 aromatic rings. The lowest BCUT2D eigenvalue weighted by atomic mass is 10.1. The van der Waals surface area contributed by atoms with E-state index in [1.54, 1.807) is 56.8 Å². The lowest BCUT2D eigenvalue weighted by molar-refractivity contribution is 0.0697. The van der Waals surface area contributed by atoms with Crippen LogP contribution in [0.25, 0.3) is 0 Å². The first-order valence-corrected chi connectivity index (χ1v) is 9.68. The van der Waals surface area contributed by atoms with Gasteiger partial charge in [0.05, 0.1) is 30.5 Å². The fraction of sp³-hybridized carbons (Fsp3) is 0.217. The molecule has 156 valence electrons. The summed E-state index contributed by atoms with van der Waals surface area (Å²) in [5, 5.41) is 9.50. The highest BCUT2D eigenvalue weighted by Gasteiger charge is 2.12. The fourth-order valence-electron chi connectivity index (χ4n) is 2.98. The van der Waals surface area contributed by atoms with E-state index in [2.05, 4.69) is 4.98 Å². The summed E-state index contributed by atoms with van der Waals surface area (Å²) < 4.78 is 16.6. The van der Waals surface area contributed by atoms with E-state index in [-0.39, 0.29) is 12.2 Å². The van der Waals surface area contributed by atoms with Gasteiger partial charge in [-0.15, -0.1) is 0 Å². The molecule has 0 aliphatic carbocycles. The Morgan fingerprint density at radius 1 is 0.967 bits per heavy atom. The summed E-state index contributed by atoms with van der Waals surface area (Å²) in [6.07, 6.45) is 2.92. The number of methoxy groups -OCH3 is 2. The lowest BCUT2D eigenvalue weighted by Gasteiger charge is -2.14. The smallest absolute Gasteiger partial charge is 0.335 e. The third kappa shape index (κ3) is 5.42. The number of nitrogens with zero attached hydrogens (tertiary/aromatic N) is 1. The number of halogens is 1. The van der Waals surface area contributed by atoms with Crippen LogP contribution in [0.1, 0.15) is 27.2 Å². The van der Waals surface area contributed by atoms with Crippen molar-refractivity contribution in [1.29, 1.82) is 0 Å². The van der Waals surface area contributed by atoms with Crippen molar-refractivity contribution in [3.05, 3.63) is 82.1 Å². The molecule has 3 rings (SSSR count). The highest BCUT2D eigenvalue weighted by Crippen LogP contribution is 2.30. The predicted octanol–water partition coefficient (Wildman–Crippen LogP) is 4.81. The number of pyridine rings is 1. The van der Waals surface area contributed by atoms with Crippen molar-refractivity contribution < 1.29 is 24.1 Å². The zero-order valence-electron chi connectivity index (χ0n) is 16.7. The van der Waals surface area contributed by atoms with Gasteiger partial charge in [0, 0.05) is 12.3 Å². The molecule has 30 heavy (non-hydrogen) atoms. The first-order valence-electron chi connectivity index (χ1n) is 9.30. The Morgan fingerprint density at radius 2 is 1.63 bits per heavy atom. The van der Waals surface area contributed by atoms with Crippen LogP contribution in [-0.2, 0) is 19.4 Å². The Labute approximate surface area is 180 Å². The van der Waals surface area contributed by atoms with Crippen molar-refractivity contribution in [2.24, 2.45) is 0 Å². The van der Waals surface area contributed by atoms with Gasteiger partial charge >= 0.3 is 5.97 Å². The molecular weight excluding hydrogens is 406 g/mol. The van der Waals surface area contributed by atoms with Crippen LogP contribution < -0.4 is 14.2 Å². The normalized spacial score (nSPS) is 10.5. The van der Waals surface area contributed by atoms with Gasteiger partial charge in [-0.05, 0) is 54.3 Å². The fourth-order valence-corrected chi connectivity index (χ4v) is 3.20. The maximum absolute atomic E-state index is 11.0. The molecule has 0 spiro atoms. The summed E-state index contributed by atoms with van der Waals surface area (Å²) in [4.78, 5) is 15.4. The highest BCUT2D eigenvalue weighted by atomic mass is 35.5. The van der Waals surface area contributed by atoms with E-state index in [9.17, 15) is 4.79 Å². The second-order valence-electron chi connectivity index (χ2n) is 6.58. The van der Waals surface area contributed by atoms with E-state index >= 15 is 0 Å². The van der Waals surface area contributed by atoms with Gasteiger partial charge in [0.2, 0.25) is 0 Å². The summed E-state index contributed by atoms with van der Waals surface area (Å²) in [5.41, 5.74) is 2.88. The molecule has 0 aliphatic rings. The SMILES string of the molecule is COc1cc(COc2c(Cl)ccnc2CCc2ccc(C(=O)O)cc2)cc(OC)c1. The molecule has 0 aliphatic heterocycles. The van der Waals surface area contributed by atoms with Crippen LogP contribution in [0.2, 0.25) is 5.02 Å². The van der Waals surface area contributed by atoms with Gasteiger partial charge in [0.1, 0.15) is 18.1 Å². The quantitative estimate of drug-likeness (QED) is 0.527. The van der Waals surface area contributed by atoms with E-state index in [0.717, 1.165) is 16.8 Å². The monoisotopic (exact) mass is 427 g/mol. The van der Waals surface area contributed by atoms with Crippen LogP contribution in [0.5, 0.6) is 17.2 Å². The molecule has 1 heterocycles. The molecule has 0 bridgehead atoms. The topological polar surface area (TPSA) is 77.9 Å². The minimum atomic E-state index is -0.942. The summed E-state index contributed by atoms with van der Waals surface area (Å²) in [7, 11) is 3.19. The van der Waals surface area contributed by atoms with Crippen LogP contribution in [0.15, 0.2) is 54.7 Å². The molecule has 0 amide bonds. The molecule has 1 N–H and O–H groups in total. The zero-order chi connectivity index (χ0) is 21.5. The van der Waals surface area contributed by atoms with Gasteiger partial charge in [0.25, 0.3) is 0 Å². The number of ether oxygens (including phenoxy) is 3. The molecule has 0 unspecified atom stereocenters. The van der Waals surface area contributed by atoms with Crippen molar-refractivity contribution in [1.82, 2.24) is 4.98 Å². The number of hydrogen-bond donors (Lipinski definition) is 1. The molecule has 7 heteroatoms. The molecule has 0 fully saturated rings. The maximum atomic E-state index is 11.0. The zero-order valence-corrected chi connectivity index (χ0v) is 17.5. The van der Waals surface area contributed by atoms with Gasteiger partial charge in [0.15, 0.2) is 5.75 Å². The molecule has 0 atom stereocenters. The molecule has 2 aromatic carbocycles. The number of aryl methyl sites for hydroxylation is 2. The highest BCUT2D eigenvalue weighted by molar-refractivity contribution is 6.32. The van der Waals surface area contributed by atoms with Crippen LogP contribution in [0.3, 0.4) is 0 Å². The first kappa shape index (κ1) is 21.5. The predicted molar refractivity (Wildman–Crippen MR) is 114 cm³/mol. The third-order valence-electron chi connectivity index (χ3n) is 4.58. The standard InChI is InChI=1S/C23H22ClNO5/c1-28-18-11-16(12-19(13-18)29-2)14-30-22-20(24)9-10-25-21(22)8-5-15-3-6-17(7-4-15)23(26)27/h3-4,6-7,9-13H,5,8,14H2,1-2H3,(H,26,27). The number of carboxylic acids is 1. The Morgan fingerprint density at radius 3 is 2.23 bits per heavy atom. The Kier molecular flexibility index (Phi) is 7.14. The van der Waals surface area contributed by atoms with Gasteiger partial charge in [-0.1, -0.05) is 23.7 Å². The van der Waals surface area contributed by atoms with Gasteiger partial charge in [-0.25, -0.2) is 4.79 Å². The van der Waals surface area contributed by atoms with Gasteiger partial charge in [-0.2, -0.15) is 0 Å². The Bertz CT molecular complexity index is 998. The average molecular weight is 428 g/mol. The van der Waals surface area contributed by atoms with Crippen LogP contribution in [0.4, 0.5) is 0 Å². The minimum Gasteiger partial charge on any atom is -0.497 e. The number of aromatic carboxylic acids is 1. The molecule has 0 radical (unpaired) electrons. The van der Waals surface area contributed by atoms with Crippen LogP contribution >= 0.6 is 11.6 Å².